The molecule has 29 heavy (non-hydrogen) atoms. The van der Waals surface area contributed by atoms with Crippen molar-refractivity contribution in [1.29, 1.82) is 0 Å². The van der Waals surface area contributed by atoms with Crippen LogP contribution in [0, 0.1) is 0 Å². The molecule has 1 aliphatic carbocycles. The van der Waals surface area contributed by atoms with Gasteiger partial charge in [-0.3, -0.25) is 14.9 Å². The highest BCUT2D eigenvalue weighted by molar-refractivity contribution is 6.02. The number of rotatable bonds is 4. The number of hydrogen-bond donors (Lipinski definition) is 2. The second-order valence-corrected chi connectivity index (χ2v) is 7.15. The van der Waals surface area contributed by atoms with E-state index in [4.69, 9.17) is 0 Å². The summed E-state index contributed by atoms with van der Waals surface area (Å²) in [5.41, 5.74) is 9.10. The first kappa shape index (κ1) is 17.3. The molecule has 0 unspecified atom stereocenters. The molecule has 5 rings (SSSR count). The standard InChI is InChI=1S/C23H19N5O/c1-14(15-9-11-24-12-10-15)25-28-23(29)21-13-20(26-27-21)18-8-7-17-6-5-16-3-2-4-19(18)22(16)17/h2-4,7-13H,5-6H2,1H3,(H,26,27)(H,28,29). The van der Waals surface area contributed by atoms with Gasteiger partial charge in [0.15, 0.2) is 0 Å². The van der Waals surface area contributed by atoms with E-state index in [9.17, 15) is 4.79 Å². The quantitative estimate of drug-likeness (QED) is 0.416. The van der Waals surface area contributed by atoms with Gasteiger partial charge < -0.3 is 0 Å². The van der Waals surface area contributed by atoms with E-state index in [1.165, 1.54) is 21.9 Å². The van der Waals surface area contributed by atoms with E-state index in [-0.39, 0.29) is 5.91 Å². The Morgan fingerprint density at radius 2 is 1.86 bits per heavy atom. The zero-order chi connectivity index (χ0) is 19.8. The number of nitrogens with zero attached hydrogens (tertiary/aromatic N) is 3. The summed E-state index contributed by atoms with van der Waals surface area (Å²) in [6.45, 7) is 1.83. The van der Waals surface area contributed by atoms with Gasteiger partial charge in [0.25, 0.3) is 5.91 Å². The summed E-state index contributed by atoms with van der Waals surface area (Å²) in [6.07, 6.45) is 5.54. The first-order chi connectivity index (χ1) is 14.2. The lowest BCUT2D eigenvalue weighted by atomic mass is 9.98. The van der Waals surface area contributed by atoms with Crippen LogP contribution in [0.2, 0.25) is 0 Å². The van der Waals surface area contributed by atoms with Crippen molar-refractivity contribution in [2.45, 2.75) is 19.8 Å². The number of hydrazone groups is 1. The number of nitrogens with one attached hydrogen (secondary N) is 2. The number of aryl methyl sites for hydroxylation is 2. The fourth-order valence-corrected chi connectivity index (χ4v) is 3.90. The summed E-state index contributed by atoms with van der Waals surface area (Å²) in [5.74, 6) is -0.330. The third kappa shape index (κ3) is 3.08. The summed E-state index contributed by atoms with van der Waals surface area (Å²) < 4.78 is 0. The third-order valence-corrected chi connectivity index (χ3v) is 5.40. The number of amides is 1. The number of carbonyl (C=O) groups excluding carboxylic acids is 1. The van der Waals surface area contributed by atoms with Crippen LogP contribution in [-0.4, -0.2) is 26.8 Å². The predicted molar refractivity (Wildman–Crippen MR) is 113 cm³/mol. The van der Waals surface area contributed by atoms with Crippen molar-refractivity contribution in [3.63, 3.8) is 0 Å². The van der Waals surface area contributed by atoms with Crippen LogP contribution in [-0.2, 0) is 12.8 Å². The molecule has 1 aliphatic rings. The number of hydrogen-bond acceptors (Lipinski definition) is 4. The number of benzene rings is 2. The number of pyridine rings is 1. The summed E-state index contributed by atoms with van der Waals surface area (Å²) in [6, 6.07) is 16.1. The molecule has 2 N–H and O–H groups in total. The van der Waals surface area contributed by atoms with Gasteiger partial charge in [-0.25, -0.2) is 5.43 Å². The molecule has 0 aliphatic heterocycles. The van der Waals surface area contributed by atoms with Crippen molar-refractivity contribution < 1.29 is 4.79 Å². The molecule has 0 atom stereocenters. The SMILES string of the molecule is CC(=NNC(=O)c1cc(-c2ccc3c4c(cccc24)CC3)n[nH]1)c1ccncc1. The fourth-order valence-electron chi connectivity index (χ4n) is 3.90. The number of aromatic nitrogens is 3. The van der Waals surface area contributed by atoms with Gasteiger partial charge in [0.05, 0.1) is 11.4 Å². The van der Waals surface area contributed by atoms with Crippen molar-refractivity contribution in [2.24, 2.45) is 5.10 Å². The van der Waals surface area contributed by atoms with Crippen LogP contribution >= 0.6 is 0 Å². The predicted octanol–water partition coefficient (Wildman–Crippen LogP) is 3.88. The second-order valence-electron chi connectivity index (χ2n) is 7.15. The molecule has 0 bridgehead atoms. The molecule has 0 radical (unpaired) electrons. The summed E-state index contributed by atoms with van der Waals surface area (Å²) >= 11 is 0. The van der Waals surface area contributed by atoms with Crippen LogP contribution in [0.15, 0.2) is 66.0 Å². The average molecular weight is 381 g/mol. The lowest BCUT2D eigenvalue weighted by molar-refractivity contribution is 0.0950. The molecule has 0 saturated heterocycles. The molecule has 6 nitrogen and oxygen atoms in total. The van der Waals surface area contributed by atoms with Crippen molar-refractivity contribution in [3.05, 3.63) is 83.3 Å². The lowest BCUT2D eigenvalue weighted by Gasteiger charge is -2.06. The minimum absolute atomic E-state index is 0.330. The number of carbonyl (C=O) groups is 1. The minimum atomic E-state index is -0.330. The summed E-state index contributed by atoms with van der Waals surface area (Å²) in [4.78, 5) is 16.5. The van der Waals surface area contributed by atoms with Gasteiger partial charge in [-0.05, 0) is 59.9 Å². The van der Waals surface area contributed by atoms with E-state index >= 15 is 0 Å². The molecule has 2 aromatic carbocycles. The molecule has 2 heterocycles. The number of aromatic amines is 1. The van der Waals surface area contributed by atoms with Gasteiger partial charge >= 0.3 is 0 Å². The van der Waals surface area contributed by atoms with Crippen molar-refractivity contribution >= 4 is 22.4 Å². The fraction of sp³-hybridized carbons (Fsp3) is 0.130. The molecule has 142 valence electrons. The van der Waals surface area contributed by atoms with Gasteiger partial charge in [-0.15, -0.1) is 0 Å². The van der Waals surface area contributed by atoms with Crippen molar-refractivity contribution in [3.8, 4) is 11.3 Å². The van der Waals surface area contributed by atoms with Crippen LogP contribution < -0.4 is 5.43 Å². The maximum atomic E-state index is 12.5. The minimum Gasteiger partial charge on any atom is -0.272 e. The van der Waals surface area contributed by atoms with Crippen LogP contribution in [0.25, 0.3) is 22.0 Å². The summed E-state index contributed by atoms with van der Waals surface area (Å²) in [7, 11) is 0. The molecule has 0 fully saturated rings. The Labute approximate surface area is 167 Å². The van der Waals surface area contributed by atoms with Crippen molar-refractivity contribution in [1.82, 2.24) is 20.6 Å². The molecular formula is C23H19N5O. The largest absolute Gasteiger partial charge is 0.289 e. The van der Waals surface area contributed by atoms with Crippen LogP contribution in [0.5, 0.6) is 0 Å². The molecule has 1 amide bonds. The Hall–Kier alpha value is -3.80. The van der Waals surface area contributed by atoms with Gasteiger partial charge in [0.2, 0.25) is 0 Å². The van der Waals surface area contributed by atoms with Crippen LogP contribution in [0.3, 0.4) is 0 Å². The Morgan fingerprint density at radius 1 is 1.07 bits per heavy atom. The molecule has 4 aromatic rings. The second kappa shape index (κ2) is 6.98. The highest BCUT2D eigenvalue weighted by atomic mass is 16.2. The topological polar surface area (TPSA) is 83.0 Å². The van der Waals surface area contributed by atoms with E-state index in [1.54, 1.807) is 18.5 Å². The van der Waals surface area contributed by atoms with E-state index in [1.807, 2.05) is 19.1 Å². The average Bonchev–Trinajstić information content (AvgIpc) is 3.42. The van der Waals surface area contributed by atoms with Gasteiger partial charge in [-0.1, -0.05) is 30.3 Å². The first-order valence-electron chi connectivity index (χ1n) is 9.55. The van der Waals surface area contributed by atoms with E-state index in [0.717, 1.165) is 29.7 Å². The normalized spacial score (nSPS) is 13.1. The Morgan fingerprint density at radius 3 is 2.69 bits per heavy atom. The zero-order valence-electron chi connectivity index (χ0n) is 15.9. The van der Waals surface area contributed by atoms with Gasteiger partial charge in [0.1, 0.15) is 5.69 Å². The smallest absolute Gasteiger partial charge is 0.272 e. The monoisotopic (exact) mass is 381 g/mol. The highest BCUT2D eigenvalue weighted by Crippen LogP contribution is 2.36. The van der Waals surface area contributed by atoms with Gasteiger partial charge in [0, 0.05) is 23.5 Å². The highest BCUT2D eigenvalue weighted by Gasteiger charge is 2.18. The van der Waals surface area contributed by atoms with Crippen LogP contribution in [0.1, 0.15) is 34.1 Å². The third-order valence-electron chi connectivity index (χ3n) is 5.40. The van der Waals surface area contributed by atoms with E-state index < -0.39 is 0 Å². The number of H-pyrrole nitrogens is 1. The maximum absolute atomic E-state index is 12.5. The Bertz CT molecular complexity index is 1250. The molecule has 2 aromatic heterocycles. The van der Waals surface area contributed by atoms with E-state index in [2.05, 4.69) is 56.0 Å². The molecular weight excluding hydrogens is 362 g/mol. The molecule has 0 spiro atoms. The zero-order valence-corrected chi connectivity index (χ0v) is 15.9. The first-order valence-corrected chi connectivity index (χ1v) is 9.55. The van der Waals surface area contributed by atoms with Gasteiger partial charge in [-0.2, -0.15) is 10.2 Å². The van der Waals surface area contributed by atoms with Crippen molar-refractivity contribution in [2.75, 3.05) is 0 Å². The summed E-state index contributed by atoms with van der Waals surface area (Å²) in [5, 5.41) is 13.9. The Balaban J connectivity index is 1.42. The Kier molecular flexibility index (Phi) is 4.17. The van der Waals surface area contributed by atoms with E-state index in [0.29, 0.717) is 11.4 Å². The molecule has 6 heteroatoms. The maximum Gasteiger partial charge on any atom is 0.289 e. The van der Waals surface area contributed by atoms with Crippen LogP contribution in [0.4, 0.5) is 0 Å². The molecule has 0 saturated carbocycles. The lowest BCUT2D eigenvalue weighted by Crippen LogP contribution is -2.19.